The van der Waals surface area contributed by atoms with Crippen molar-refractivity contribution >= 4 is 5.82 Å². The topological polar surface area (TPSA) is 63.8 Å². The summed E-state index contributed by atoms with van der Waals surface area (Å²) in [7, 11) is 0. The lowest BCUT2D eigenvalue weighted by Gasteiger charge is -2.11. The molecule has 5 nitrogen and oxygen atoms in total. The highest BCUT2D eigenvalue weighted by atomic mass is 19.4. The van der Waals surface area contributed by atoms with Crippen molar-refractivity contribution < 1.29 is 17.6 Å². The third-order valence-corrected chi connectivity index (χ3v) is 4.16. The zero-order valence-electron chi connectivity index (χ0n) is 15.0. The second kappa shape index (κ2) is 7.75. The molecule has 29 heavy (non-hydrogen) atoms. The van der Waals surface area contributed by atoms with Gasteiger partial charge in [-0.3, -0.25) is 4.98 Å². The summed E-state index contributed by atoms with van der Waals surface area (Å²) in [5.74, 6) is 1.52. The molecule has 3 aromatic heterocycles. The SMILES string of the molecule is FC(F)(F)c1cccc(-c2cc(NCc3ccco3)nc(-c3cccnc3)n2)c1. The van der Waals surface area contributed by atoms with Crippen LogP contribution in [0, 0.1) is 0 Å². The number of nitrogens with zero attached hydrogens (tertiary/aromatic N) is 3. The van der Waals surface area contributed by atoms with Gasteiger partial charge in [0.1, 0.15) is 11.6 Å². The maximum Gasteiger partial charge on any atom is 0.416 e. The number of anilines is 1. The molecule has 0 amide bonds. The molecule has 3 heterocycles. The standard InChI is InChI=1S/C21H15F3N4O/c22-21(23,24)16-6-1-4-14(10-16)18-11-19(26-13-17-7-3-9-29-17)28-20(27-18)15-5-2-8-25-12-15/h1-12H,13H2,(H,26,27,28). The van der Waals surface area contributed by atoms with Crippen molar-refractivity contribution in [3.63, 3.8) is 0 Å². The van der Waals surface area contributed by atoms with E-state index >= 15 is 0 Å². The summed E-state index contributed by atoms with van der Waals surface area (Å²) in [6.45, 7) is 0.374. The molecule has 0 spiro atoms. The normalized spacial score (nSPS) is 11.4. The van der Waals surface area contributed by atoms with E-state index < -0.39 is 11.7 Å². The summed E-state index contributed by atoms with van der Waals surface area (Å²) >= 11 is 0. The van der Waals surface area contributed by atoms with Gasteiger partial charge in [0.05, 0.1) is 24.1 Å². The second-order valence-corrected chi connectivity index (χ2v) is 6.22. The van der Waals surface area contributed by atoms with Crippen molar-refractivity contribution in [2.24, 2.45) is 0 Å². The molecule has 146 valence electrons. The number of benzene rings is 1. The number of rotatable bonds is 5. The molecule has 0 radical (unpaired) electrons. The van der Waals surface area contributed by atoms with Crippen molar-refractivity contribution in [2.45, 2.75) is 12.7 Å². The average molecular weight is 396 g/mol. The number of hydrogen-bond acceptors (Lipinski definition) is 5. The Labute approximate surface area is 164 Å². The minimum atomic E-state index is -4.43. The van der Waals surface area contributed by atoms with Crippen LogP contribution in [0.3, 0.4) is 0 Å². The van der Waals surface area contributed by atoms with Gasteiger partial charge in [-0.2, -0.15) is 13.2 Å². The quantitative estimate of drug-likeness (QED) is 0.487. The molecule has 0 aliphatic carbocycles. The van der Waals surface area contributed by atoms with Crippen molar-refractivity contribution in [3.05, 3.63) is 84.6 Å². The first-order valence-electron chi connectivity index (χ1n) is 8.72. The van der Waals surface area contributed by atoms with E-state index in [0.29, 0.717) is 40.8 Å². The molecule has 4 aromatic rings. The molecule has 0 saturated heterocycles. The lowest BCUT2D eigenvalue weighted by molar-refractivity contribution is -0.137. The Bertz CT molecular complexity index is 1100. The highest BCUT2D eigenvalue weighted by molar-refractivity contribution is 5.67. The van der Waals surface area contributed by atoms with Gasteiger partial charge in [-0.25, -0.2) is 9.97 Å². The van der Waals surface area contributed by atoms with Crippen LogP contribution < -0.4 is 5.32 Å². The first kappa shape index (κ1) is 18.7. The van der Waals surface area contributed by atoms with Crippen LogP contribution in [0.1, 0.15) is 11.3 Å². The largest absolute Gasteiger partial charge is 0.467 e. The highest BCUT2D eigenvalue weighted by Gasteiger charge is 2.30. The fourth-order valence-corrected chi connectivity index (χ4v) is 2.76. The minimum Gasteiger partial charge on any atom is -0.467 e. The summed E-state index contributed by atoms with van der Waals surface area (Å²) in [6, 6.07) is 13.8. The smallest absolute Gasteiger partial charge is 0.416 e. The second-order valence-electron chi connectivity index (χ2n) is 6.22. The van der Waals surface area contributed by atoms with Gasteiger partial charge in [0.25, 0.3) is 0 Å². The Kier molecular flexibility index (Phi) is 4.99. The van der Waals surface area contributed by atoms with Gasteiger partial charge in [0.2, 0.25) is 0 Å². The Balaban J connectivity index is 1.75. The van der Waals surface area contributed by atoms with Gasteiger partial charge < -0.3 is 9.73 Å². The van der Waals surface area contributed by atoms with E-state index in [4.69, 9.17) is 4.42 Å². The molecular formula is C21H15F3N4O. The summed E-state index contributed by atoms with van der Waals surface area (Å²) in [5.41, 5.74) is 0.629. The summed E-state index contributed by atoms with van der Waals surface area (Å²) in [4.78, 5) is 13.0. The summed E-state index contributed by atoms with van der Waals surface area (Å²) in [5, 5.41) is 3.12. The zero-order valence-corrected chi connectivity index (χ0v) is 15.0. The zero-order chi connectivity index (χ0) is 20.3. The number of alkyl halides is 3. The van der Waals surface area contributed by atoms with Crippen LogP contribution in [0.2, 0.25) is 0 Å². The number of halogens is 3. The summed E-state index contributed by atoms with van der Waals surface area (Å²) in [6.07, 6.45) is 0.347. The lowest BCUT2D eigenvalue weighted by atomic mass is 10.1. The molecule has 0 fully saturated rings. The van der Waals surface area contributed by atoms with E-state index in [2.05, 4.69) is 20.3 Å². The van der Waals surface area contributed by atoms with Crippen molar-refractivity contribution in [2.75, 3.05) is 5.32 Å². The van der Waals surface area contributed by atoms with Gasteiger partial charge in [0.15, 0.2) is 5.82 Å². The molecule has 4 rings (SSSR count). The third kappa shape index (κ3) is 4.43. The maximum absolute atomic E-state index is 13.1. The van der Waals surface area contributed by atoms with Crippen molar-refractivity contribution in [1.82, 2.24) is 15.0 Å². The Morgan fingerprint density at radius 2 is 1.79 bits per heavy atom. The fourth-order valence-electron chi connectivity index (χ4n) is 2.76. The van der Waals surface area contributed by atoms with Gasteiger partial charge in [-0.15, -0.1) is 0 Å². The van der Waals surface area contributed by atoms with Crippen LogP contribution >= 0.6 is 0 Å². The fraction of sp³-hybridized carbons (Fsp3) is 0.0952. The molecule has 0 aliphatic heterocycles. The molecule has 0 aliphatic rings. The Morgan fingerprint density at radius 3 is 2.52 bits per heavy atom. The molecule has 0 atom stereocenters. The molecular weight excluding hydrogens is 381 g/mol. The summed E-state index contributed by atoms with van der Waals surface area (Å²) < 4.78 is 44.7. The number of aromatic nitrogens is 3. The molecule has 0 saturated carbocycles. The lowest BCUT2D eigenvalue weighted by Crippen LogP contribution is -2.06. The van der Waals surface area contributed by atoms with Crippen LogP contribution in [-0.4, -0.2) is 15.0 Å². The van der Waals surface area contributed by atoms with E-state index in [9.17, 15) is 13.2 Å². The van der Waals surface area contributed by atoms with Gasteiger partial charge in [-0.05, 0) is 36.4 Å². The number of pyridine rings is 1. The van der Waals surface area contributed by atoms with Crippen LogP contribution in [0.5, 0.6) is 0 Å². The number of hydrogen-bond donors (Lipinski definition) is 1. The number of nitrogens with one attached hydrogen (secondary N) is 1. The van der Waals surface area contributed by atoms with Crippen molar-refractivity contribution in [1.29, 1.82) is 0 Å². The van der Waals surface area contributed by atoms with Crippen LogP contribution in [0.25, 0.3) is 22.6 Å². The molecule has 1 aromatic carbocycles. The van der Waals surface area contributed by atoms with Gasteiger partial charge in [-0.1, -0.05) is 12.1 Å². The van der Waals surface area contributed by atoms with E-state index in [1.807, 2.05) is 6.07 Å². The maximum atomic E-state index is 13.1. The van der Waals surface area contributed by atoms with Gasteiger partial charge >= 0.3 is 6.18 Å². The Morgan fingerprint density at radius 1 is 0.931 bits per heavy atom. The molecule has 0 unspecified atom stereocenters. The van der Waals surface area contributed by atoms with Crippen LogP contribution in [0.4, 0.5) is 19.0 Å². The highest BCUT2D eigenvalue weighted by Crippen LogP contribution is 2.32. The van der Waals surface area contributed by atoms with Crippen LogP contribution in [-0.2, 0) is 12.7 Å². The average Bonchev–Trinajstić information content (AvgIpc) is 3.26. The minimum absolute atomic E-state index is 0.341. The number of furan rings is 1. The Hall–Kier alpha value is -3.68. The van der Waals surface area contributed by atoms with E-state index in [0.717, 1.165) is 12.1 Å². The monoisotopic (exact) mass is 396 g/mol. The first-order chi connectivity index (χ1) is 14.0. The van der Waals surface area contributed by atoms with E-state index in [1.54, 1.807) is 49.0 Å². The molecule has 1 N–H and O–H groups in total. The molecule has 8 heteroatoms. The van der Waals surface area contributed by atoms with E-state index in [-0.39, 0.29) is 0 Å². The van der Waals surface area contributed by atoms with Crippen LogP contribution in [0.15, 0.2) is 77.7 Å². The predicted octanol–water partition coefficient (Wildman–Crippen LogP) is 5.43. The third-order valence-electron chi connectivity index (χ3n) is 4.16. The van der Waals surface area contributed by atoms with Gasteiger partial charge in [0, 0.05) is 29.6 Å². The predicted molar refractivity (Wildman–Crippen MR) is 102 cm³/mol. The first-order valence-corrected chi connectivity index (χ1v) is 8.72. The molecule has 0 bridgehead atoms. The van der Waals surface area contributed by atoms with E-state index in [1.165, 1.54) is 6.07 Å². The van der Waals surface area contributed by atoms with Crippen molar-refractivity contribution in [3.8, 4) is 22.6 Å².